The summed E-state index contributed by atoms with van der Waals surface area (Å²) in [6, 6.07) is 8.99. The lowest BCUT2D eigenvalue weighted by Crippen LogP contribution is -2.35. The summed E-state index contributed by atoms with van der Waals surface area (Å²) in [6.07, 6.45) is 0. The molecule has 0 N–H and O–H groups in total. The number of hydrogen-bond acceptors (Lipinski definition) is 3. The number of hydrogen-bond donors (Lipinski definition) is 0. The van der Waals surface area contributed by atoms with E-state index in [1.165, 1.54) is 5.56 Å². The predicted molar refractivity (Wildman–Crippen MR) is 81.0 cm³/mol. The molecule has 4 heteroatoms. The van der Waals surface area contributed by atoms with Gasteiger partial charge in [0.05, 0.1) is 6.04 Å². The van der Waals surface area contributed by atoms with E-state index in [2.05, 4.69) is 21.7 Å². The Morgan fingerprint density at radius 3 is 2.58 bits per heavy atom. The molecule has 0 amide bonds. The Bertz CT molecular complexity index is 536. The normalized spacial score (nSPS) is 12.6. The van der Waals surface area contributed by atoms with E-state index in [-0.39, 0.29) is 11.8 Å². The van der Waals surface area contributed by atoms with Gasteiger partial charge in [-0.25, -0.2) is 0 Å². The first-order chi connectivity index (χ1) is 9.08. The molecule has 1 aromatic carbocycles. The van der Waals surface area contributed by atoms with Gasteiger partial charge in [0.2, 0.25) is 0 Å². The van der Waals surface area contributed by atoms with Crippen molar-refractivity contribution < 1.29 is 4.79 Å². The third-order valence-electron chi connectivity index (χ3n) is 3.18. The van der Waals surface area contributed by atoms with Gasteiger partial charge in [0.15, 0.2) is 5.78 Å². The van der Waals surface area contributed by atoms with Crippen molar-refractivity contribution in [3.8, 4) is 0 Å². The second-order valence-electron chi connectivity index (χ2n) is 4.59. The first-order valence-corrected chi connectivity index (χ1v) is 7.41. The Hall–Kier alpha value is -1.16. The van der Waals surface area contributed by atoms with Crippen LogP contribution in [-0.2, 0) is 6.54 Å². The maximum atomic E-state index is 12.3. The number of benzene rings is 1. The van der Waals surface area contributed by atoms with E-state index in [1.54, 1.807) is 35.6 Å². The fraction of sp³-hybridized carbons (Fsp3) is 0.267. The van der Waals surface area contributed by atoms with Crippen molar-refractivity contribution in [2.24, 2.45) is 0 Å². The van der Waals surface area contributed by atoms with Crippen LogP contribution in [0.4, 0.5) is 0 Å². The molecule has 0 aliphatic heterocycles. The summed E-state index contributed by atoms with van der Waals surface area (Å²) in [4.78, 5) is 14.4. The highest BCUT2D eigenvalue weighted by Crippen LogP contribution is 2.15. The number of carbonyl (C=O) groups is 1. The van der Waals surface area contributed by atoms with Crippen LogP contribution in [0.25, 0.3) is 0 Å². The van der Waals surface area contributed by atoms with E-state index in [0.717, 1.165) is 6.54 Å². The molecule has 0 saturated carbocycles. The van der Waals surface area contributed by atoms with Gasteiger partial charge in [-0.1, -0.05) is 11.6 Å². The molecule has 0 aliphatic rings. The van der Waals surface area contributed by atoms with Gasteiger partial charge in [0, 0.05) is 17.1 Å². The minimum Gasteiger partial charge on any atom is -0.292 e. The lowest BCUT2D eigenvalue weighted by molar-refractivity contribution is 0.0862. The average molecular weight is 294 g/mol. The van der Waals surface area contributed by atoms with Crippen molar-refractivity contribution in [1.82, 2.24) is 4.90 Å². The number of halogens is 1. The fourth-order valence-corrected chi connectivity index (χ4v) is 2.65. The zero-order valence-electron chi connectivity index (χ0n) is 11.0. The van der Waals surface area contributed by atoms with E-state index in [9.17, 15) is 4.79 Å². The molecule has 0 saturated heterocycles. The number of likely N-dealkylation sites (N-methyl/N-ethyl adjacent to an activating group) is 1. The molecule has 0 bridgehead atoms. The summed E-state index contributed by atoms with van der Waals surface area (Å²) in [5.74, 6) is 0.120. The van der Waals surface area contributed by atoms with Gasteiger partial charge in [-0.05, 0) is 60.6 Å². The Balaban J connectivity index is 2.04. The molecule has 1 aromatic heterocycles. The zero-order valence-corrected chi connectivity index (χ0v) is 12.5. The Morgan fingerprint density at radius 2 is 2.00 bits per heavy atom. The van der Waals surface area contributed by atoms with E-state index in [1.807, 2.05) is 14.0 Å². The van der Waals surface area contributed by atoms with Gasteiger partial charge in [0.25, 0.3) is 0 Å². The van der Waals surface area contributed by atoms with E-state index < -0.39 is 0 Å². The van der Waals surface area contributed by atoms with Crippen LogP contribution in [0.5, 0.6) is 0 Å². The molecule has 2 nitrogen and oxygen atoms in total. The van der Waals surface area contributed by atoms with Crippen molar-refractivity contribution in [3.63, 3.8) is 0 Å². The summed E-state index contributed by atoms with van der Waals surface area (Å²) < 4.78 is 0. The molecule has 0 aliphatic carbocycles. The van der Waals surface area contributed by atoms with Crippen molar-refractivity contribution in [2.75, 3.05) is 7.05 Å². The Kier molecular flexibility index (Phi) is 4.75. The SMILES string of the molecule is CC(C(=O)c1ccc(Cl)cc1)N(C)Cc1ccsc1. The maximum absolute atomic E-state index is 12.3. The van der Waals surface area contributed by atoms with Gasteiger partial charge >= 0.3 is 0 Å². The predicted octanol–water partition coefficient (Wildman–Crippen LogP) is 4.10. The molecule has 2 rings (SSSR count). The summed E-state index contributed by atoms with van der Waals surface area (Å²) >= 11 is 7.51. The van der Waals surface area contributed by atoms with E-state index in [0.29, 0.717) is 10.6 Å². The molecule has 1 heterocycles. The van der Waals surface area contributed by atoms with Gasteiger partial charge in [-0.15, -0.1) is 0 Å². The Morgan fingerprint density at radius 1 is 1.32 bits per heavy atom. The monoisotopic (exact) mass is 293 g/mol. The molecule has 100 valence electrons. The van der Waals surface area contributed by atoms with Gasteiger partial charge in [0.1, 0.15) is 0 Å². The van der Waals surface area contributed by atoms with Crippen LogP contribution in [0.1, 0.15) is 22.8 Å². The molecule has 2 aromatic rings. The van der Waals surface area contributed by atoms with Crippen LogP contribution in [0, 0.1) is 0 Å². The molecule has 1 atom stereocenters. The maximum Gasteiger partial charge on any atom is 0.179 e. The lowest BCUT2D eigenvalue weighted by Gasteiger charge is -2.23. The number of thiophene rings is 1. The first-order valence-electron chi connectivity index (χ1n) is 6.09. The van der Waals surface area contributed by atoms with Crippen LogP contribution in [0.15, 0.2) is 41.1 Å². The molecular weight excluding hydrogens is 278 g/mol. The van der Waals surface area contributed by atoms with E-state index >= 15 is 0 Å². The van der Waals surface area contributed by atoms with Crippen molar-refractivity contribution in [3.05, 3.63) is 57.2 Å². The zero-order chi connectivity index (χ0) is 13.8. The highest BCUT2D eigenvalue weighted by molar-refractivity contribution is 7.07. The topological polar surface area (TPSA) is 20.3 Å². The highest BCUT2D eigenvalue weighted by Gasteiger charge is 2.19. The highest BCUT2D eigenvalue weighted by atomic mass is 35.5. The number of ketones is 1. The minimum atomic E-state index is -0.152. The summed E-state index contributed by atoms with van der Waals surface area (Å²) in [5, 5.41) is 4.81. The summed E-state index contributed by atoms with van der Waals surface area (Å²) in [5.41, 5.74) is 1.94. The van der Waals surface area contributed by atoms with E-state index in [4.69, 9.17) is 11.6 Å². The molecule has 0 spiro atoms. The van der Waals surface area contributed by atoms with Gasteiger partial charge in [-0.2, -0.15) is 11.3 Å². The first kappa shape index (κ1) is 14.3. The fourth-order valence-electron chi connectivity index (χ4n) is 1.86. The van der Waals surface area contributed by atoms with Crippen molar-refractivity contribution in [2.45, 2.75) is 19.5 Å². The third-order valence-corrected chi connectivity index (χ3v) is 4.17. The summed E-state index contributed by atoms with van der Waals surface area (Å²) in [7, 11) is 1.97. The molecule has 1 unspecified atom stereocenters. The average Bonchev–Trinajstić information content (AvgIpc) is 2.90. The van der Waals surface area contributed by atoms with Crippen LogP contribution in [-0.4, -0.2) is 23.8 Å². The number of nitrogens with zero attached hydrogens (tertiary/aromatic N) is 1. The molecule has 19 heavy (non-hydrogen) atoms. The standard InChI is InChI=1S/C15H16ClNOS/c1-11(17(2)9-12-7-8-19-10-12)15(18)13-3-5-14(16)6-4-13/h3-8,10-11H,9H2,1-2H3. The van der Waals surface area contributed by atoms with Crippen LogP contribution in [0.3, 0.4) is 0 Å². The summed E-state index contributed by atoms with van der Waals surface area (Å²) in [6.45, 7) is 2.72. The number of rotatable bonds is 5. The second-order valence-corrected chi connectivity index (χ2v) is 5.81. The van der Waals surface area contributed by atoms with Crippen LogP contribution < -0.4 is 0 Å². The quantitative estimate of drug-likeness (QED) is 0.774. The van der Waals surface area contributed by atoms with Crippen LogP contribution >= 0.6 is 22.9 Å². The van der Waals surface area contributed by atoms with Gasteiger partial charge in [-0.3, -0.25) is 9.69 Å². The third kappa shape index (κ3) is 3.66. The van der Waals surface area contributed by atoms with Crippen molar-refractivity contribution >= 4 is 28.7 Å². The van der Waals surface area contributed by atoms with Crippen LogP contribution in [0.2, 0.25) is 5.02 Å². The second kappa shape index (κ2) is 6.33. The largest absolute Gasteiger partial charge is 0.292 e. The molecule has 0 fully saturated rings. The smallest absolute Gasteiger partial charge is 0.179 e. The van der Waals surface area contributed by atoms with Crippen molar-refractivity contribution in [1.29, 1.82) is 0 Å². The Labute approximate surface area is 122 Å². The number of carbonyl (C=O) groups excluding carboxylic acids is 1. The van der Waals surface area contributed by atoms with Gasteiger partial charge < -0.3 is 0 Å². The number of Topliss-reactive ketones (excluding diaryl/α,β-unsaturated/α-hetero) is 1. The molecule has 0 radical (unpaired) electrons. The minimum absolute atomic E-state index is 0.120. The molecular formula is C15H16ClNOS. The lowest BCUT2D eigenvalue weighted by atomic mass is 10.0.